The van der Waals surface area contributed by atoms with E-state index in [1.165, 1.54) is 32.2 Å². The van der Waals surface area contributed by atoms with Crippen molar-refractivity contribution in [2.75, 3.05) is 6.54 Å². The van der Waals surface area contributed by atoms with Crippen LogP contribution in [0.4, 0.5) is 0 Å². The van der Waals surface area contributed by atoms with Gasteiger partial charge in [0.25, 0.3) is 0 Å². The molecule has 1 N–H and O–H groups in total. The Morgan fingerprint density at radius 2 is 2.15 bits per heavy atom. The highest BCUT2D eigenvalue weighted by molar-refractivity contribution is 4.86. The van der Waals surface area contributed by atoms with Crippen molar-refractivity contribution in [1.82, 2.24) is 5.32 Å². The Morgan fingerprint density at radius 1 is 1.46 bits per heavy atom. The van der Waals surface area contributed by atoms with Crippen LogP contribution in [0.3, 0.4) is 0 Å². The molecule has 1 saturated heterocycles. The number of rotatable bonds is 3. The fraction of sp³-hybridized carbons (Fsp3) is 1.00. The van der Waals surface area contributed by atoms with E-state index < -0.39 is 0 Å². The average molecular weight is 183 g/mol. The summed E-state index contributed by atoms with van der Waals surface area (Å²) in [6, 6.07) is 0. The molecule has 0 spiro atoms. The van der Waals surface area contributed by atoms with Gasteiger partial charge in [0.15, 0.2) is 0 Å². The minimum absolute atomic E-state index is 0.391. The fourth-order valence-electron chi connectivity index (χ4n) is 2.32. The van der Waals surface area contributed by atoms with Gasteiger partial charge >= 0.3 is 0 Å². The first-order valence-corrected chi connectivity index (χ1v) is 5.80. The van der Waals surface area contributed by atoms with E-state index in [0.717, 1.165) is 11.8 Å². The van der Waals surface area contributed by atoms with Crippen LogP contribution in [0.1, 0.15) is 53.4 Å². The molecule has 0 aliphatic carbocycles. The van der Waals surface area contributed by atoms with E-state index in [1.807, 2.05) is 0 Å². The maximum atomic E-state index is 3.65. The molecule has 0 aromatic heterocycles. The molecule has 0 saturated carbocycles. The van der Waals surface area contributed by atoms with Crippen LogP contribution in [0.25, 0.3) is 0 Å². The van der Waals surface area contributed by atoms with Gasteiger partial charge in [0.05, 0.1) is 0 Å². The second-order valence-corrected chi connectivity index (χ2v) is 5.33. The topological polar surface area (TPSA) is 12.0 Å². The Morgan fingerprint density at radius 3 is 2.62 bits per heavy atom. The Balaban J connectivity index is 2.32. The zero-order valence-corrected chi connectivity index (χ0v) is 9.69. The highest BCUT2D eigenvalue weighted by atomic mass is 15.0. The van der Waals surface area contributed by atoms with Crippen molar-refractivity contribution in [3.8, 4) is 0 Å². The van der Waals surface area contributed by atoms with Gasteiger partial charge in [0.1, 0.15) is 0 Å². The lowest BCUT2D eigenvalue weighted by Crippen LogP contribution is -2.47. The van der Waals surface area contributed by atoms with Crippen LogP contribution in [-0.2, 0) is 0 Å². The van der Waals surface area contributed by atoms with E-state index in [1.54, 1.807) is 0 Å². The summed E-state index contributed by atoms with van der Waals surface area (Å²) < 4.78 is 0. The molecule has 1 heterocycles. The first kappa shape index (κ1) is 11.0. The van der Waals surface area contributed by atoms with Crippen molar-refractivity contribution in [3.63, 3.8) is 0 Å². The summed E-state index contributed by atoms with van der Waals surface area (Å²) in [7, 11) is 0. The van der Waals surface area contributed by atoms with Crippen molar-refractivity contribution >= 4 is 0 Å². The van der Waals surface area contributed by atoms with Crippen molar-refractivity contribution < 1.29 is 0 Å². The number of hydrogen-bond donors (Lipinski definition) is 1. The minimum atomic E-state index is 0.391. The third-order valence-electron chi connectivity index (χ3n) is 3.53. The quantitative estimate of drug-likeness (QED) is 0.708. The summed E-state index contributed by atoms with van der Waals surface area (Å²) in [6.07, 6.45) is 5.49. The molecule has 1 rings (SSSR count). The van der Waals surface area contributed by atoms with E-state index in [4.69, 9.17) is 0 Å². The van der Waals surface area contributed by atoms with Crippen LogP contribution in [0.15, 0.2) is 0 Å². The summed E-state index contributed by atoms with van der Waals surface area (Å²) in [5, 5.41) is 3.65. The van der Waals surface area contributed by atoms with E-state index in [-0.39, 0.29) is 0 Å². The molecular weight excluding hydrogens is 158 g/mol. The summed E-state index contributed by atoms with van der Waals surface area (Å²) in [5.41, 5.74) is 0.391. The van der Waals surface area contributed by atoms with Gasteiger partial charge in [0.2, 0.25) is 0 Å². The number of piperidine rings is 1. The Bertz CT molecular complexity index is 141. The van der Waals surface area contributed by atoms with Crippen LogP contribution in [0.2, 0.25) is 0 Å². The van der Waals surface area contributed by atoms with Crippen molar-refractivity contribution in [2.45, 2.75) is 58.9 Å². The van der Waals surface area contributed by atoms with E-state index in [9.17, 15) is 0 Å². The predicted molar refractivity (Wildman–Crippen MR) is 58.9 cm³/mol. The summed E-state index contributed by atoms with van der Waals surface area (Å²) in [6.45, 7) is 10.6. The molecule has 1 aliphatic heterocycles. The normalized spacial score (nSPS) is 30.0. The molecule has 1 unspecified atom stereocenters. The minimum Gasteiger partial charge on any atom is -0.312 e. The van der Waals surface area contributed by atoms with Gasteiger partial charge < -0.3 is 5.32 Å². The first-order chi connectivity index (χ1) is 6.05. The lowest BCUT2D eigenvalue weighted by molar-refractivity contribution is 0.189. The van der Waals surface area contributed by atoms with Crippen LogP contribution in [-0.4, -0.2) is 12.1 Å². The number of hydrogen-bond acceptors (Lipinski definition) is 1. The molecule has 1 heteroatoms. The zero-order valence-electron chi connectivity index (χ0n) is 9.69. The molecule has 0 aromatic rings. The molecule has 0 amide bonds. The maximum absolute atomic E-state index is 3.65. The molecule has 0 aromatic carbocycles. The van der Waals surface area contributed by atoms with Gasteiger partial charge in [-0.25, -0.2) is 0 Å². The molecule has 1 aliphatic rings. The zero-order chi connectivity index (χ0) is 9.90. The van der Waals surface area contributed by atoms with Crippen LogP contribution in [0.5, 0.6) is 0 Å². The second kappa shape index (κ2) is 4.45. The molecule has 1 fully saturated rings. The lowest BCUT2D eigenvalue weighted by Gasteiger charge is -2.38. The summed E-state index contributed by atoms with van der Waals surface area (Å²) in [5.74, 6) is 1.83. The fourth-order valence-corrected chi connectivity index (χ4v) is 2.32. The van der Waals surface area contributed by atoms with E-state index in [2.05, 4.69) is 33.0 Å². The SMILES string of the molecule is CCCC(C)[C@H]1CCC(C)(C)NC1. The van der Waals surface area contributed by atoms with E-state index in [0.29, 0.717) is 5.54 Å². The van der Waals surface area contributed by atoms with Crippen molar-refractivity contribution in [1.29, 1.82) is 0 Å². The van der Waals surface area contributed by atoms with Crippen LogP contribution >= 0.6 is 0 Å². The standard InChI is InChI=1S/C12H25N/c1-5-6-10(2)11-7-8-12(3,4)13-9-11/h10-11,13H,5-9H2,1-4H3/t10?,11-/m0/s1. The molecule has 1 nitrogen and oxygen atoms in total. The van der Waals surface area contributed by atoms with Gasteiger partial charge in [-0.3, -0.25) is 0 Å². The van der Waals surface area contributed by atoms with Crippen molar-refractivity contribution in [2.24, 2.45) is 11.8 Å². The Hall–Kier alpha value is -0.0400. The molecule has 13 heavy (non-hydrogen) atoms. The van der Waals surface area contributed by atoms with Gasteiger partial charge in [0, 0.05) is 5.54 Å². The highest BCUT2D eigenvalue weighted by Crippen LogP contribution is 2.28. The largest absolute Gasteiger partial charge is 0.312 e. The summed E-state index contributed by atoms with van der Waals surface area (Å²) in [4.78, 5) is 0. The van der Waals surface area contributed by atoms with E-state index >= 15 is 0 Å². The average Bonchev–Trinajstić information content (AvgIpc) is 2.04. The third-order valence-corrected chi connectivity index (χ3v) is 3.53. The molecule has 78 valence electrons. The second-order valence-electron chi connectivity index (χ2n) is 5.33. The maximum Gasteiger partial charge on any atom is 0.0125 e. The summed E-state index contributed by atoms with van der Waals surface area (Å²) >= 11 is 0. The van der Waals surface area contributed by atoms with Gasteiger partial charge in [-0.1, -0.05) is 26.7 Å². The monoisotopic (exact) mass is 183 g/mol. The van der Waals surface area contributed by atoms with Crippen LogP contribution < -0.4 is 5.32 Å². The number of nitrogens with one attached hydrogen (secondary N) is 1. The first-order valence-electron chi connectivity index (χ1n) is 5.80. The Labute approximate surface area is 83.3 Å². The Kier molecular flexibility index (Phi) is 3.78. The lowest BCUT2D eigenvalue weighted by atomic mass is 9.79. The third kappa shape index (κ3) is 3.30. The predicted octanol–water partition coefficient (Wildman–Crippen LogP) is 3.20. The molecular formula is C12H25N. The van der Waals surface area contributed by atoms with Gasteiger partial charge in [-0.2, -0.15) is 0 Å². The van der Waals surface area contributed by atoms with Crippen LogP contribution in [0, 0.1) is 11.8 Å². The molecule has 2 atom stereocenters. The van der Waals surface area contributed by atoms with Gasteiger partial charge in [-0.05, 0) is 45.1 Å². The molecule has 0 radical (unpaired) electrons. The van der Waals surface area contributed by atoms with Gasteiger partial charge in [-0.15, -0.1) is 0 Å². The smallest absolute Gasteiger partial charge is 0.0125 e. The molecule has 0 bridgehead atoms. The van der Waals surface area contributed by atoms with Crippen molar-refractivity contribution in [3.05, 3.63) is 0 Å². The highest BCUT2D eigenvalue weighted by Gasteiger charge is 2.28.